The Labute approximate surface area is 137 Å². The van der Waals surface area contributed by atoms with E-state index in [1.807, 2.05) is 0 Å². The van der Waals surface area contributed by atoms with Crippen molar-refractivity contribution in [2.24, 2.45) is 5.92 Å². The first-order valence-electron chi connectivity index (χ1n) is 6.94. The third-order valence-electron chi connectivity index (χ3n) is 3.24. The summed E-state index contributed by atoms with van der Waals surface area (Å²) in [5.74, 6) is -5.02. The van der Waals surface area contributed by atoms with Crippen LogP contribution in [0.3, 0.4) is 0 Å². The molecule has 0 saturated carbocycles. The quantitative estimate of drug-likeness (QED) is 0.391. The molecule has 132 valence electrons. The highest BCUT2D eigenvalue weighted by Crippen LogP contribution is 2.43. The summed E-state index contributed by atoms with van der Waals surface area (Å²) in [6.45, 7) is 0. The molecule has 10 heteroatoms. The lowest BCUT2D eigenvalue weighted by atomic mass is 10.1. The first kappa shape index (κ1) is 19.7. The maximum atomic E-state index is 12.2. The lowest BCUT2D eigenvalue weighted by Crippen LogP contribution is -2.21. The molecule has 1 aromatic rings. The number of carboxylic acid groups (broad SMARTS) is 3. The molecular weight excluding hydrogens is 341 g/mol. The summed E-state index contributed by atoms with van der Waals surface area (Å²) in [6.07, 6.45) is -1.81. The third kappa shape index (κ3) is 6.39. The summed E-state index contributed by atoms with van der Waals surface area (Å²) in [6, 6.07) is 5.78. The van der Waals surface area contributed by atoms with Gasteiger partial charge in [-0.05, 0) is 18.6 Å². The minimum Gasteiger partial charge on any atom is -0.481 e. The van der Waals surface area contributed by atoms with Gasteiger partial charge in [0, 0.05) is 18.3 Å². The fourth-order valence-corrected chi connectivity index (χ4v) is 3.61. The molecule has 9 nitrogen and oxygen atoms in total. The van der Waals surface area contributed by atoms with Gasteiger partial charge in [0.1, 0.15) is 0 Å². The molecular formula is C14H18NO8P. The molecule has 1 rings (SSSR count). The first-order valence-corrected chi connectivity index (χ1v) is 8.97. The van der Waals surface area contributed by atoms with E-state index in [1.54, 1.807) is 6.07 Å². The van der Waals surface area contributed by atoms with Crippen molar-refractivity contribution in [2.75, 3.05) is 17.8 Å². The van der Waals surface area contributed by atoms with Gasteiger partial charge in [0.25, 0.3) is 0 Å². The van der Waals surface area contributed by atoms with E-state index in [0.717, 1.165) is 0 Å². The Bertz CT molecular complexity index is 674. The van der Waals surface area contributed by atoms with Gasteiger partial charge in [-0.2, -0.15) is 0 Å². The van der Waals surface area contributed by atoms with Crippen LogP contribution >= 0.6 is 7.37 Å². The largest absolute Gasteiger partial charge is 0.481 e. The van der Waals surface area contributed by atoms with Crippen molar-refractivity contribution in [2.45, 2.75) is 12.8 Å². The molecule has 0 amide bonds. The van der Waals surface area contributed by atoms with Crippen LogP contribution in [-0.2, 0) is 14.2 Å². The average molecular weight is 359 g/mol. The van der Waals surface area contributed by atoms with Crippen LogP contribution in [-0.4, -0.2) is 50.6 Å². The van der Waals surface area contributed by atoms with Crippen LogP contribution in [0.25, 0.3) is 0 Å². The van der Waals surface area contributed by atoms with Gasteiger partial charge in [0.05, 0.1) is 17.8 Å². The molecule has 2 unspecified atom stereocenters. The highest BCUT2D eigenvalue weighted by Gasteiger charge is 2.29. The van der Waals surface area contributed by atoms with Gasteiger partial charge in [0.15, 0.2) is 0 Å². The van der Waals surface area contributed by atoms with Gasteiger partial charge < -0.3 is 25.5 Å². The molecule has 0 radical (unpaired) electrons. The zero-order valence-electron chi connectivity index (χ0n) is 12.6. The summed E-state index contributed by atoms with van der Waals surface area (Å²) in [5.41, 5.74) is 0.0508. The molecule has 5 N–H and O–H groups in total. The predicted molar refractivity (Wildman–Crippen MR) is 84.6 cm³/mol. The Kier molecular flexibility index (Phi) is 6.94. The molecule has 0 aliphatic carbocycles. The number of nitrogens with one attached hydrogen (secondary N) is 1. The van der Waals surface area contributed by atoms with Crippen molar-refractivity contribution in [1.29, 1.82) is 0 Å². The van der Waals surface area contributed by atoms with Crippen LogP contribution in [0.4, 0.5) is 5.69 Å². The van der Waals surface area contributed by atoms with Gasteiger partial charge in [-0.3, -0.25) is 14.2 Å². The fraction of sp³-hybridized carbons (Fsp3) is 0.357. The normalized spacial score (nSPS) is 14.4. The van der Waals surface area contributed by atoms with Crippen LogP contribution in [0, 0.1) is 5.92 Å². The first-order chi connectivity index (χ1) is 11.1. The standard InChI is InChI=1S/C14H18NO8P/c16-12(17)6-5-9(13(18)19)7-24(22,23)8-15-11-4-2-1-3-10(11)14(20)21/h1-4,9,15H,5-8H2,(H,16,17)(H,18,19)(H,20,21)(H,22,23). The van der Waals surface area contributed by atoms with Crippen molar-refractivity contribution < 1.29 is 39.2 Å². The Morgan fingerprint density at radius 3 is 2.29 bits per heavy atom. The van der Waals surface area contributed by atoms with Crippen LogP contribution in [0.2, 0.25) is 0 Å². The molecule has 0 aliphatic heterocycles. The molecule has 0 saturated heterocycles. The summed E-state index contributed by atoms with van der Waals surface area (Å²) in [7, 11) is -3.96. The van der Waals surface area contributed by atoms with E-state index < -0.39 is 50.1 Å². The predicted octanol–water partition coefficient (Wildman–Crippen LogP) is 1.59. The van der Waals surface area contributed by atoms with Crippen molar-refractivity contribution in [3.05, 3.63) is 29.8 Å². The minimum absolute atomic E-state index is 0.0850. The van der Waals surface area contributed by atoms with Gasteiger partial charge in [-0.25, -0.2) is 4.79 Å². The van der Waals surface area contributed by atoms with Crippen LogP contribution in [0.1, 0.15) is 23.2 Å². The van der Waals surface area contributed by atoms with Crippen molar-refractivity contribution in [3.8, 4) is 0 Å². The summed E-state index contributed by atoms with van der Waals surface area (Å²) < 4.78 is 12.2. The van der Waals surface area contributed by atoms with E-state index in [9.17, 15) is 23.8 Å². The zero-order valence-corrected chi connectivity index (χ0v) is 13.5. The van der Waals surface area contributed by atoms with Crippen molar-refractivity contribution >= 4 is 31.0 Å². The fourth-order valence-electron chi connectivity index (χ4n) is 2.03. The minimum atomic E-state index is -3.96. The highest BCUT2D eigenvalue weighted by atomic mass is 31.2. The van der Waals surface area contributed by atoms with Gasteiger partial charge in [-0.1, -0.05) is 12.1 Å². The second-order valence-corrected chi connectivity index (χ2v) is 7.56. The molecule has 0 aromatic heterocycles. The van der Waals surface area contributed by atoms with Crippen LogP contribution in [0.15, 0.2) is 24.3 Å². The topological polar surface area (TPSA) is 161 Å². The summed E-state index contributed by atoms with van der Waals surface area (Å²) in [4.78, 5) is 42.6. The number of para-hydroxylation sites is 1. The Balaban J connectivity index is 2.75. The molecule has 24 heavy (non-hydrogen) atoms. The Hall–Kier alpha value is -2.38. The molecule has 0 bridgehead atoms. The summed E-state index contributed by atoms with van der Waals surface area (Å²) in [5, 5.41) is 29.2. The number of aliphatic carboxylic acids is 2. The lowest BCUT2D eigenvalue weighted by molar-refractivity contribution is -0.142. The van der Waals surface area contributed by atoms with Gasteiger partial charge in [0.2, 0.25) is 7.37 Å². The number of carbonyl (C=O) groups is 3. The van der Waals surface area contributed by atoms with E-state index in [4.69, 9.17) is 15.3 Å². The van der Waals surface area contributed by atoms with E-state index in [0.29, 0.717) is 0 Å². The Morgan fingerprint density at radius 1 is 1.12 bits per heavy atom. The third-order valence-corrected chi connectivity index (χ3v) is 4.90. The molecule has 0 aliphatic rings. The molecule has 0 heterocycles. The van der Waals surface area contributed by atoms with Crippen molar-refractivity contribution in [3.63, 3.8) is 0 Å². The van der Waals surface area contributed by atoms with E-state index in [-0.39, 0.29) is 17.7 Å². The maximum Gasteiger partial charge on any atom is 0.337 e. The van der Waals surface area contributed by atoms with Crippen LogP contribution in [0.5, 0.6) is 0 Å². The number of hydrogen-bond donors (Lipinski definition) is 5. The molecule has 0 spiro atoms. The highest BCUT2D eigenvalue weighted by molar-refractivity contribution is 7.58. The number of hydrogen-bond acceptors (Lipinski definition) is 5. The SMILES string of the molecule is O=C(O)CCC(CP(=O)(O)CNc1ccccc1C(=O)O)C(=O)O. The van der Waals surface area contributed by atoms with Crippen molar-refractivity contribution in [1.82, 2.24) is 0 Å². The van der Waals surface area contributed by atoms with Gasteiger partial charge in [-0.15, -0.1) is 0 Å². The smallest absolute Gasteiger partial charge is 0.337 e. The van der Waals surface area contributed by atoms with Crippen LogP contribution < -0.4 is 5.32 Å². The van der Waals surface area contributed by atoms with E-state index in [1.165, 1.54) is 18.2 Å². The number of benzene rings is 1. The zero-order chi connectivity index (χ0) is 18.3. The summed E-state index contributed by atoms with van der Waals surface area (Å²) >= 11 is 0. The second-order valence-electron chi connectivity index (χ2n) is 5.18. The number of anilines is 1. The number of aromatic carboxylic acids is 1. The monoisotopic (exact) mass is 359 g/mol. The molecule has 2 atom stereocenters. The second kappa shape index (κ2) is 8.47. The van der Waals surface area contributed by atoms with E-state index >= 15 is 0 Å². The average Bonchev–Trinajstić information content (AvgIpc) is 2.49. The number of rotatable bonds is 10. The maximum absolute atomic E-state index is 12.2. The van der Waals surface area contributed by atoms with E-state index in [2.05, 4.69) is 5.32 Å². The molecule has 1 aromatic carbocycles. The molecule has 0 fully saturated rings. The Morgan fingerprint density at radius 2 is 1.75 bits per heavy atom. The van der Waals surface area contributed by atoms with Gasteiger partial charge >= 0.3 is 17.9 Å². The lowest BCUT2D eigenvalue weighted by Gasteiger charge is -2.18. The number of carboxylic acids is 3.